The van der Waals surface area contributed by atoms with Crippen LogP contribution in [0.1, 0.15) is 30.5 Å². The Kier molecular flexibility index (Phi) is 3.67. The smallest absolute Gasteiger partial charge is 0.126 e. The molecule has 1 unspecified atom stereocenters. The van der Waals surface area contributed by atoms with E-state index >= 15 is 0 Å². The van der Waals surface area contributed by atoms with Crippen LogP contribution in [0.4, 0.5) is 4.39 Å². The van der Waals surface area contributed by atoms with Crippen LogP contribution in [0.5, 0.6) is 0 Å². The van der Waals surface area contributed by atoms with Crippen molar-refractivity contribution in [2.75, 3.05) is 0 Å². The molecule has 0 aromatic heterocycles. The summed E-state index contributed by atoms with van der Waals surface area (Å²) in [4.78, 5) is 0. The first-order valence-corrected chi connectivity index (χ1v) is 4.57. The SMILES string of the molecule is CC#CCC(N)c1cccc(F)c1C. The molecule has 0 aliphatic carbocycles. The second-order valence-corrected chi connectivity index (χ2v) is 3.19. The second-order valence-electron chi connectivity index (χ2n) is 3.19. The molecule has 14 heavy (non-hydrogen) atoms. The van der Waals surface area contributed by atoms with Gasteiger partial charge in [-0.15, -0.1) is 11.8 Å². The summed E-state index contributed by atoms with van der Waals surface area (Å²) in [7, 11) is 0. The van der Waals surface area contributed by atoms with Crippen LogP contribution in [-0.2, 0) is 0 Å². The van der Waals surface area contributed by atoms with Gasteiger partial charge in [0.15, 0.2) is 0 Å². The first kappa shape index (κ1) is 10.7. The maximum absolute atomic E-state index is 13.2. The first-order valence-electron chi connectivity index (χ1n) is 4.57. The minimum atomic E-state index is -0.206. The molecular weight excluding hydrogens is 177 g/mol. The summed E-state index contributed by atoms with van der Waals surface area (Å²) in [5.74, 6) is 5.47. The number of halogens is 1. The van der Waals surface area contributed by atoms with Crippen molar-refractivity contribution in [2.45, 2.75) is 26.3 Å². The Labute approximate surface area is 84.1 Å². The lowest BCUT2D eigenvalue weighted by atomic mass is 9.99. The standard InChI is InChI=1S/C12H14FN/c1-3-4-8-12(14)10-6-5-7-11(13)9(10)2/h5-7,12H,8,14H2,1-2H3. The van der Waals surface area contributed by atoms with Gasteiger partial charge in [-0.2, -0.15) is 0 Å². The van der Waals surface area contributed by atoms with Crippen molar-refractivity contribution in [3.63, 3.8) is 0 Å². The van der Waals surface area contributed by atoms with E-state index in [-0.39, 0.29) is 11.9 Å². The van der Waals surface area contributed by atoms with Crippen LogP contribution in [-0.4, -0.2) is 0 Å². The lowest BCUT2D eigenvalue weighted by molar-refractivity contribution is 0.609. The molecule has 0 aliphatic rings. The van der Waals surface area contributed by atoms with Gasteiger partial charge in [0.1, 0.15) is 5.82 Å². The highest BCUT2D eigenvalue weighted by molar-refractivity contribution is 5.30. The van der Waals surface area contributed by atoms with Gasteiger partial charge in [0.2, 0.25) is 0 Å². The Morgan fingerprint density at radius 2 is 2.21 bits per heavy atom. The largest absolute Gasteiger partial charge is 0.323 e. The molecule has 2 N–H and O–H groups in total. The van der Waals surface area contributed by atoms with Crippen molar-refractivity contribution in [2.24, 2.45) is 5.73 Å². The number of nitrogens with two attached hydrogens (primary N) is 1. The highest BCUT2D eigenvalue weighted by atomic mass is 19.1. The summed E-state index contributed by atoms with van der Waals surface area (Å²) >= 11 is 0. The maximum Gasteiger partial charge on any atom is 0.126 e. The van der Waals surface area contributed by atoms with Crippen LogP contribution in [0.3, 0.4) is 0 Å². The number of benzene rings is 1. The minimum Gasteiger partial charge on any atom is -0.323 e. The first-order chi connectivity index (χ1) is 6.66. The Hall–Kier alpha value is -1.33. The zero-order chi connectivity index (χ0) is 10.6. The van der Waals surface area contributed by atoms with Crippen molar-refractivity contribution in [3.8, 4) is 11.8 Å². The van der Waals surface area contributed by atoms with E-state index in [4.69, 9.17) is 5.73 Å². The van der Waals surface area contributed by atoms with Gasteiger partial charge in [-0.1, -0.05) is 12.1 Å². The van der Waals surface area contributed by atoms with Crippen LogP contribution in [0.15, 0.2) is 18.2 Å². The maximum atomic E-state index is 13.2. The molecule has 0 bridgehead atoms. The molecule has 0 spiro atoms. The summed E-state index contributed by atoms with van der Waals surface area (Å²) in [6, 6.07) is 4.77. The van der Waals surface area contributed by atoms with Crippen molar-refractivity contribution < 1.29 is 4.39 Å². The van der Waals surface area contributed by atoms with E-state index in [0.717, 1.165) is 5.56 Å². The molecule has 0 saturated heterocycles. The molecular formula is C12H14FN. The van der Waals surface area contributed by atoms with Gasteiger partial charge in [0.25, 0.3) is 0 Å². The Morgan fingerprint density at radius 3 is 2.86 bits per heavy atom. The van der Waals surface area contributed by atoms with Gasteiger partial charge in [0.05, 0.1) is 0 Å². The van der Waals surface area contributed by atoms with Crippen molar-refractivity contribution >= 4 is 0 Å². The highest BCUT2D eigenvalue weighted by Crippen LogP contribution is 2.19. The van der Waals surface area contributed by atoms with Gasteiger partial charge in [-0.3, -0.25) is 0 Å². The third-order valence-corrected chi connectivity index (χ3v) is 2.21. The van der Waals surface area contributed by atoms with Gasteiger partial charge in [-0.05, 0) is 31.0 Å². The fourth-order valence-corrected chi connectivity index (χ4v) is 1.35. The lowest BCUT2D eigenvalue weighted by Gasteiger charge is -2.12. The van der Waals surface area contributed by atoms with E-state index in [9.17, 15) is 4.39 Å². The topological polar surface area (TPSA) is 26.0 Å². The molecule has 0 fully saturated rings. The predicted molar refractivity (Wildman–Crippen MR) is 56.1 cm³/mol. The average Bonchev–Trinajstić information content (AvgIpc) is 2.18. The lowest BCUT2D eigenvalue weighted by Crippen LogP contribution is -2.11. The summed E-state index contributed by atoms with van der Waals surface area (Å²) in [5.41, 5.74) is 7.35. The third kappa shape index (κ3) is 2.34. The molecule has 0 radical (unpaired) electrons. The van der Waals surface area contributed by atoms with Gasteiger partial charge in [0, 0.05) is 12.5 Å². The Bertz CT molecular complexity index is 374. The van der Waals surface area contributed by atoms with Gasteiger partial charge in [-0.25, -0.2) is 4.39 Å². The van der Waals surface area contributed by atoms with Gasteiger partial charge < -0.3 is 5.73 Å². The molecule has 1 aromatic rings. The second kappa shape index (κ2) is 4.78. The Balaban J connectivity index is 2.93. The van der Waals surface area contributed by atoms with Crippen molar-refractivity contribution in [3.05, 3.63) is 35.1 Å². The quantitative estimate of drug-likeness (QED) is 0.714. The van der Waals surface area contributed by atoms with Crippen molar-refractivity contribution in [1.29, 1.82) is 0 Å². The average molecular weight is 191 g/mol. The fourth-order valence-electron chi connectivity index (χ4n) is 1.35. The van der Waals surface area contributed by atoms with Crippen LogP contribution >= 0.6 is 0 Å². The molecule has 74 valence electrons. The molecule has 1 atom stereocenters. The minimum absolute atomic E-state index is 0.196. The highest BCUT2D eigenvalue weighted by Gasteiger charge is 2.09. The molecule has 1 aromatic carbocycles. The zero-order valence-corrected chi connectivity index (χ0v) is 8.47. The summed E-state index contributed by atoms with van der Waals surface area (Å²) < 4.78 is 13.2. The van der Waals surface area contributed by atoms with E-state index in [1.54, 1.807) is 19.9 Å². The predicted octanol–water partition coefficient (Wildman–Crippen LogP) is 2.55. The van der Waals surface area contributed by atoms with E-state index in [1.807, 2.05) is 6.07 Å². The molecule has 0 saturated carbocycles. The van der Waals surface area contributed by atoms with Crippen LogP contribution < -0.4 is 5.73 Å². The monoisotopic (exact) mass is 191 g/mol. The van der Waals surface area contributed by atoms with Gasteiger partial charge >= 0.3 is 0 Å². The summed E-state index contributed by atoms with van der Waals surface area (Å²) in [6.07, 6.45) is 0.570. The molecule has 1 rings (SSSR count). The molecule has 1 nitrogen and oxygen atoms in total. The van der Waals surface area contributed by atoms with E-state index in [1.165, 1.54) is 6.07 Å². The molecule has 0 amide bonds. The van der Waals surface area contributed by atoms with Crippen LogP contribution in [0.25, 0.3) is 0 Å². The number of hydrogen-bond donors (Lipinski definition) is 1. The third-order valence-electron chi connectivity index (χ3n) is 2.21. The summed E-state index contributed by atoms with van der Waals surface area (Å²) in [5, 5.41) is 0. The van der Waals surface area contributed by atoms with Crippen molar-refractivity contribution in [1.82, 2.24) is 0 Å². The fraction of sp³-hybridized carbons (Fsp3) is 0.333. The normalized spacial score (nSPS) is 11.7. The molecule has 2 heteroatoms. The molecule has 0 heterocycles. The molecule has 0 aliphatic heterocycles. The Morgan fingerprint density at radius 1 is 1.50 bits per heavy atom. The van der Waals surface area contributed by atoms with Crippen LogP contribution in [0.2, 0.25) is 0 Å². The van der Waals surface area contributed by atoms with E-state index in [0.29, 0.717) is 12.0 Å². The van der Waals surface area contributed by atoms with Crippen LogP contribution in [0, 0.1) is 24.6 Å². The van der Waals surface area contributed by atoms with E-state index in [2.05, 4.69) is 11.8 Å². The zero-order valence-electron chi connectivity index (χ0n) is 8.47. The summed E-state index contributed by atoms with van der Waals surface area (Å²) in [6.45, 7) is 3.51. The van der Waals surface area contributed by atoms with E-state index < -0.39 is 0 Å². The number of hydrogen-bond acceptors (Lipinski definition) is 1. The number of rotatable bonds is 2.